The molecule has 0 radical (unpaired) electrons. The molecule has 0 fully saturated rings. The maximum Gasteiger partial charge on any atom is 0.146 e. The van der Waals surface area contributed by atoms with Crippen LogP contribution in [0.1, 0.15) is 12.6 Å². The molecule has 2 rings (SSSR count). The molecule has 1 aromatic carbocycles. The van der Waals surface area contributed by atoms with Crippen molar-refractivity contribution in [2.75, 3.05) is 23.8 Å². The van der Waals surface area contributed by atoms with Crippen molar-refractivity contribution in [2.24, 2.45) is 0 Å². The molecule has 0 aliphatic rings. The third-order valence-corrected chi connectivity index (χ3v) is 3.27. The smallest absolute Gasteiger partial charge is 0.146 e. The van der Waals surface area contributed by atoms with Crippen LogP contribution in [0.4, 0.5) is 15.1 Å². The topological polar surface area (TPSA) is 41.1 Å². The maximum atomic E-state index is 13.6. The fourth-order valence-corrected chi connectivity index (χ4v) is 2.32. The predicted octanol–water partition coefficient (Wildman–Crippen LogP) is 2.75. The third-order valence-electron chi connectivity index (χ3n) is 2.54. The SMILES string of the molecule is CCNc1snnc1CN(C)c1ccccc1F. The first-order chi connectivity index (χ1) is 8.72. The van der Waals surface area contributed by atoms with Crippen LogP contribution in [0.25, 0.3) is 0 Å². The summed E-state index contributed by atoms with van der Waals surface area (Å²) in [6, 6.07) is 6.71. The van der Waals surface area contributed by atoms with Crippen LogP contribution in [-0.2, 0) is 6.54 Å². The van der Waals surface area contributed by atoms with Crippen molar-refractivity contribution in [2.45, 2.75) is 13.5 Å². The molecule has 0 aliphatic carbocycles. The third kappa shape index (κ3) is 2.76. The number of rotatable bonds is 5. The molecule has 0 spiro atoms. The molecule has 0 saturated carbocycles. The van der Waals surface area contributed by atoms with Gasteiger partial charge in [-0.2, -0.15) is 0 Å². The van der Waals surface area contributed by atoms with Gasteiger partial charge in [0.1, 0.15) is 16.5 Å². The zero-order valence-corrected chi connectivity index (χ0v) is 11.2. The average molecular weight is 266 g/mol. The number of nitrogens with one attached hydrogen (secondary N) is 1. The monoisotopic (exact) mass is 266 g/mol. The first kappa shape index (κ1) is 12.8. The summed E-state index contributed by atoms with van der Waals surface area (Å²) < 4.78 is 17.5. The molecule has 0 bridgehead atoms. The number of aromatic nitrogens is 2. The highest BCUT2D eigenvalue weighted by Crippen LogP contribution is 2.23. The van der Waals surface area contributed by atoms with Crippen molar-refractivity contribution in [3.63, 3.8) is 0 Å². The van der Waals surface area contributed by atoms with Crippen LogP contribution in [0, 0.1) is 5.82 Å². The lowest BCUT2D eigenvalue weighted by Gasteiger charge is -2.19. The van der Waals surface area contributed by atoms with E-state index in [1.807, 2.05) is 24.9 Å². The van der Waals surface area contributed by atoms with E-state index >= 15 is 0 Å². The summed E-state index contributed by atoms with van der Waals surface area (Å²) in [4.78, 5) is 1.83. The Kier molecular flexibility index (Phi) is 4.09. The number of anilines is 2. The Morgan fingerprint density at radius 3 is 2.89 bits per heavy atom. The second-order valence-corrected chi connectivity index (χ2v) is 4.64. The summed E-state index contributed by atoms with van der Waals surface area (Å²) in [6.07, 6.45) is 0. The van der Waals surface area contributed by atoms with Crippen molar-refractivity contribution in [3.05, 3.63) is 35.8 Å². The molecular formula is C12H15FN4S. The minimum absolute atomic E-state index is 0.229. The van der Waals surface area contributed by atoms with Gasteiger partial charge in [0, 0.05) is 25.1 Å². The lowest BCUT2D eigenvalue weighted by atomic mass is 10.2. The molecule has 4 nitrogen and oxygen atoms in total. The normalized spacial score (nSPS) is 10.4. The summed E-state index contributed by atoms with van der Waals surface area (Å²) in [5, 5.41) is 8.22. The van der Waals surface area contributed by atoms with Crippen molar-refractivity contribution >= 4 is 22.2 Å². The maximum absolute atomic E-state index is 13.6. The van der Waals surface area contributed by atoms with E-state index in [0.717, 1.165) is 17.2 Å². The van der Waals surface area contributed by atoms with E-state index in [9.17, 15) is 4.39 Å². The van der Waals surface area contributed by atoms with Gasteiger partial charge in [-0.3, -0.25) is 0 Å². The van der Waals surface area contributed by atoms with Gasteiger partial charge in [0.05, 0.1) is 12.2 Å². The van der Waals surface area contributed by atoms with Gasteiger partial charge in [-0.1, -0.05) is 16.6 Å². The Hall–Kier alpha value is -1.69. The highest BCUT2D eigenvalue weighted by Gasteiger charge is 2.12. The van der Waals surface area contributed by atoms with Crippen LogP contribution in [0.5, 0.6) is 0 Å². The van der Waals surface area contributed by atoms with E-state index in [0.29, 0.717) is 12.2 Å². The molecule has 1 heterocycles. The molecule has 0 aliphatic heterocycles. The van der Waals surface area contributed by atoms with E-state index in [4.69, 9.17) is 0 Å². The van der Waals surface area contributed by atoms with E-state index in [1.165, 1.54) is 17.6 Å². The van der Waals surface area contributed by atoms with Gasteiger partial charge < -0.3 is 10.2 Å². The van der Waals surface area contributed by atoms with Crippen LogP contribution in [0.3, 0.4) is 0 Å². The molecule has 0 atom stereocenters. The molecule has 1 aromatic heterocycles. The van der Waals surface area contributed by atoms with Gasteiger partial charge in [0.2, 0.25) is 0 Å². The largest absolute Gasteiger partial charge is 0.374 e. The van der Waals surface area contributed by atoms with Crippen molar-refractivity contribution < 1.29 is 4.39 Å². The van der Waals surface area contributed by atoms with Crippen LogP contribution < -0.4 is 10.2 Å². The van der Waals surface area contributed by atoms with Crippen molar-refractivity contribution in [1.82, 2.24) is 9.59 Å². The van der Waals surface area contributed by atoms with Crippen LogP contribution in [0.2, 0.25) is 0 Å². The highest BCUT2D eigenvalue weighted by molar-refractivity contribution is 7.10. The molecule has 0 amide bonds. The summed E-state index contributed by atoms with van der Waals surface area (Å²) in [7, 11) is 1.84. The van der Waals surface area contributed by atoms with Gasteiger partial charge in [-0.05, 0) is 19.1 Å². The summed E-state index contributed by atoms with van der Waals surface area (Å²) >= 11 is 1.32. The van der Waals surface area contributed by atoms with Crippen LogP contribution in [-0.4, -0.2) is 23.2 Å². The number of halogens is 1. The fourth-order valence-electron chi connectivity index (χ4n) is 1.68. The standard InChI is InChI=1S/C12H15FN4S/c1-3-14-12-10(15-16-18-12)8-17(2)11-7-5-4-6-9(11)13/h4-7,14H,3,8H2,1-2H3. The first-order valence-electron chi connectivity index (χ1n) is 5.73. The van der Waals surface area contributed by atoms with Crippen LogP contribution >= 0.6 is 11.5 Å². The first-order valence-corrected chi connectivity index (χ1v) is 6.50. The van der Waals surface area contributed by atoms with E-state index < -0.39 is 0 Å². The molecule has 1 N–H and O–H groups in total. The zero-order valence-electron chi connectivity index (χ0n) is 10.4. The van der Waals surface area contributed by atoms with Gasteiger partial charge in [-0.25, -0.2) is 4.39 Å². The number of nitrogens with zero attached hydrogens (tertiary/aromatic N) is 3. The Morgan fingerprint density at radius 2 is 2.17 bits per heavy atom. The molecule has 0 saturated heterocycles. The minimum atomic E-state index is -0.229. The second-order valence-electron chi connectivity index (χ2n) is 3.89. The van der Waals surface area contributed by atoms with Gasteiger partial charge in [-0.15, -0.1) is 5.10 Å². The van der Waals surface area contributed by atoms with E-state index in [-0.39, 0.29) is 5.82 Å². The van der Waals surface area contributed by atoms with Crippen molar-refractivity contribution in [3.8, 4) is 0 Å². The Morgan fingerprint density at radius 1 is 1.39 bits per heavy atom. The summed E-state index contributed by atoms with van der Waals surface area (Å²) in [5.41, 5.74) is 1.40. The van der Waals surface area contributed by atoms with Crippen molar-refractivity contribution in [1.29, 1.82) is 0 Å². The Balaban J connectivity index is 2.14. The summed E-state index contributed by atoms with van der Waals surface area (Å²) in [5.74, 6) is -0.229. The molecule has 0 unspecified atom stereocenters. The summed E-state index contributed by atoms with van der Waals surface area (Å²) in [6.45, 7) is 3.37. The lowest BCUT2D eigenvalue weighted by Crippen LogP contribution is -2.18. The molecule has 6 heteroatoms. The molecule has 96 valence electrons. The second kappa shape index (κ2) is 5.77. The minimum Gasteiger partial charge on any atom is -0.374 e. The lowest BCUT2D eigenvalue weighted by molar-refractivity contribution is 0.621. The van der Waals surface area contributed by atoms with Gasteiger partial charge in [0.15, 0.2) is 0 Å². The number of hydrogen-bond acceptors (Lipinski definition) is 5. The number of benzene rings is 1. The number of para-hydroxylation sites is 1. The van der Waals surface area contributed by atoms with Crippen LogP contribution in [0.15, 0.2) is 24.3 Å². The van der Waals surface area contributed by atoms with E-state index in [1.54, 1.807) is 12.1 Å². The van der Waals surface area contributed by atoms with Gasteiger partial charge in [0.25, 0.3) is 0 Å². The van der Waals surface area contributed by atoms with Gasteiger partial charge >= 0.3 is 0 Å². The molecule has 2 aromatic rings. The average Bonchev–Trinajstić information content (AvgIpc) is 2.78. The fraction of sp³-hybridized carbons (Fsp3) is 0.333. The Labute approximate surface area is 110 Å². The zero-order chi connectivity index (χ0) is 13.0. The molecular weight excluding hydrogens is 251 g/mol. The quantitative estimate of drug-likeness (QED) is 0.903. The Bertz CT molecular complexity index is 514. The number of hydrogen-bond donors (Lipinski definition) is 1. The highest BCUT2D eigenvalue weighted by atomic mass is 32.1. The molecule has 18 heavy (non-hydrogen) atoms. The van der Waals surface area contributed by atoms with E-state index in [2.05, 4.69) is 14.9 Å². The predicted molar refractivity (Wildman–Crippen MR) is 72.6 cm³/mol.